The molecule has 1 saturated heterocycles. The van der Waals surface area contributed by atoms with E-state index in [-0.39, 0.29) is 13.0 Å². The Morgan fingerprint density at radius 1 is 1.11 bits per heavy atom. The van der Waals surface area contributed by atoms with Crippen LogP contribution in [0.5, 0.6) is 0 Å². The van der Waals surface area contributed by atoms with Crippen LogP contribution in [-0.2, 0) is 0 Å². The third-order valence-corrected chi connectivity index (χ3v) is 4.36. The largest absolute Gasteiger partial charge is 0.393 e. The van der Waals surface area contributed by atoms with Crippen LogP contribution in [0, 0.1) is 11.8 Å². The number of alkyl halides is 3. The van der Waals surface area contributed by atoms with Gasteiger partial charge in [-0.2, -0.15) is 13.2 Å². The molecule has 0 spiro atoms. The Bertz CT molecular complexity index is 263. The minimum absolute atomic E-state index is 0.0628. The standard InChI is InChI=1S/C13H22F3NO/c14-13(15,16)11-6-3-7-17(8-11)9-12(18)10-4-1-2-5-10/h10-12,18H,1-9H2. The van der Waals surface area contributed by atoms with E-state index in [0.717, 1.165) is 25.7 Å². The number of aliphatic hydroxyl groups is 1. The maximum absolute atomic E-state index is 12.7. The van der Waals surface area contributed by atoms with Crippen molar-refractivity contribution < 1.29 is 18.3 Å². The number of rotatable bonds is 3. The van der Waals surface area contributed by atoms with Crippen molar-refractivity contribution >= 4 is 0 Å². The second-order valence-corrected chi connectivity index (χ2v) is 5.75. The van der Waals surface area contributed by atoms with Crippen LogP contribution in [0.25, 0.3) is 0 Å². The number of hydrogen-bond acceptors (Lipinski definition) is 2. The Hall–Kier alpha value is -0.290. The summed E-state index contributed by atoms with van der Waals surface area (Å²) in [4.78, 5) is 1.80. The Balaban J connectivity index is 1.81. The van der Waals surface area contributed by atoms with E-state index in [0.29, 0.717) is 25.4 Å². The van der Waals surface area contributed by atoms with Crippen molar-refractivity contribution in [3.8, 4) is 0 Å². The summed E-state index contributed by atoms with van der Waals surface area (Å²) in [5.41, 5.74) is 0. The predicted octanol–water partition coefficient (Wildman–Crippen LogP) is 2.81. The molecular formula is C13H22F3NO. The van der Waals surface area contributed by atoms with Gasteiger partial charge in [-0.1, -0.05) is 12.8 Å². The first-order valence-corrected chi connectivity index (χ1v) is 6.94. The van der Waals surface area contributed by atoms with E-state index in [2.05, 4.69) is 0 Å². The zero-order valence-electron chi connectivity index (χ0n) is 10.6. The van der Waals surface area contributed by atoms with Crippen LogP contribution in [0.3, 0.4) is 0 Å². The van der Waals surface area contributed by atoms with Crippen molar-refractivity contribution in [1.29, 1.82) is 0 Å². The summed E-state index contributed by atoms with van der Waals surface area (Å²) in [6.45, 7) is 1.17. The van der Waals surface area contributed by atoms with Crippen molar-refractivity contribution in [2.75, 3.05) is 19.6 Å². The van der Waals surface area contributed by atoms with Gasteiger partial charge in [0.05, 0.1) is 12.0 Å². The molecule has 2 aliphatic rings. The van der Waals surface area contributed by atoms with Gasteiger partial charge in [-0.15, -0.1) is 0 Å². The Labute approximate surface area is 106 Å². The first kappa shape index (κ1) is 14.1. The molecule has 5 heteroatoms. The molecule has 0 radical (unpaired) electrons. The quantitative estimate of drug-likeness (QED) is 0.848. The zero-order valence-corrected chi connectivity index (χ0v) is 10.6. The lowest BCUT2D eigenvalue weighted by Gasteiger charge is -2.35. The van der Waals surface area contributed by atoms with Crippen LogP contribution < -0.4 is 0 Å². The summed E-state index contributed by atoms with van der Waals surface area (Å²) >= 11 is 0. The zero-order chi connectivity index (χ0) is 13.2. The Morgan fingerprint density at radius 2 is 1.78 bits per heavy atom. The smallest absolute Gasteiger partial charge is 0.392 e. The van der Waals surface area contributed by atoms with Gasteiger partial charge in [0.15, 0.2) is 0 Å². The molecule has 1 aliphatic carbocycles. The minimum atomic E-state index is -4.09. The van der Waals surface area contributed by atoms with E-state index in [1.54, 1.807) is 4.90 Å². The van der Waals surface area contributed by atoms with Gasteiger partial charge in [0, 0.05) is 13.1 Å². The molecule has 1 saturated carbocycles. The fraction of sp³-hybridized carbons (Fsp3) is 1.00. The molecule has 18 heavy (non-hydrogen) atoms. The molecule has 1 N–H and O–H groups in total. The van der Waals surface area contributed by atoms with Gasteiger partial charge in [-0.25, -0.2) is 0 Å². The lowest BCUT2D eigenvalue weighted by atomic mass is 9.95. The molecule has 2 unspecified atom stereocenters. The number of halogens is 3. The Morgan fingerprint density at radius 3 is 2.39 bits per heavy atom. The SMILES string of the molecule is OC(CN1CCCC(C(F)(F)F)C1)C1CCCC1. The summed E-state index contributed by atoms with van der Waals surface area (Å²) < 4.78 is 38.0. The van der Waals surface area contributed by atoms with Crippen LogP contribution in [0.2, 0.25) is 0 Å². The molecule has 0 aromatic rings. The van der Waals surface area contributed by atoms with E-state index < -0.39 is 18.2 Å². The summed E-state index contributed by atoms with van der Waals surface area (Å²) in [6, 6.07) is 0. The number of β-amino-alcohol motifs (C(OH)–C–C–N with tert-alkyl or cyclic N) is 1. The van der Waals surface area contributed by atoms with Gasteiger partial charge in [0.1, 0.15) is 0 Å². The molecule has 2 rings (SSSR count). The summed E-state index contributed by atoms with van der Waals surface area (Å²) in [6.07, 6.45) is 0.632. The van der Waals surface area contributed by atoms with Crippen molar-refractivity contribution in [2.45, 2.75) is 50.8 Å². The highest BCUT2D eigenvalue weighted by Gasteiger charge is 2.42. The molecular weight excluding hydrogens is 243 g/mol. The van der Waals surface area contributed by atoms with Gasteiger partial charge in [0.25, 0.3) is 0 Å². The molecule has 106 valence electrons. The van der Waals surface area contributed by atoms with Crippen LogP contribution in [-0.4, -0.2) is 41.9 Å². The van der Waals surface area contributed by atoms with Crippen molar-refractivity contribution in [3.63, 3.8) is 0 Å². The van der Waals surface area contributed by atoms with E-state index in [1.165, 1.54) is 0 Å². The van der Waals surface area contributed by atoms with E-state index >= 15 is 0 Å². The van der Waals surface area contributed by atoms with Gasteiger partial charge < -0.3 is 10.0 Å². The van der Waals surface area contributed by atoms with Gasteiger partial charge in [0.2, 0.25) is 0 Å². The minimum Gasteiger partial charge on any atom is -0.392 e. The second kappa shape index (κ2) is 5.78. The molecule has 2 fully saturated rings. The van der Waals surface area contributed by atoms with Gasteiger partial charge in [-0.3, -0.25) is 0 Å². The maximum Gasteiger partial charge on any atom is 0.393 e. The van der Waals surface area contributed by atoms with Crippen LogP contribution >= 0.6 is 0 Å². The fourth-order valence-corrected chi connectivity index (χ4v) is 3.24. The molecule has 0 bridgehead atoms. The molecule has 0 amide bonds. The average molecular weight is 265 g/mol. The summed E-state index contributed by atoms with van der Waals surface area (Å²) in [5, 5.41) is 10.1. The third-order valence-electron chi connectivity index (χ3n) is 4.36. The maximum atomic E-state index is 12.7. The van der Waals surface area contributed by atoms with Crippen LogP contribution in [0.15, 0.2) is 0 Å². The number of hydrogen-bond donors (Lipinski definition) is 1. The topological polar surface area (TPSA) is 23.5 Å². The van der Waals surface area contributed by atoms with E-state index in [1.807, 2.05) is 0 Å². The normalized spacial score (nSPS) is 29.7. The highest BCUT2D eigenvalue weighted by atomic mass is 19.4. The lowest BCUT2D eigenvalue weighted by Crippen LogP contribution is -2.45. The fourth-order valence-electron chi connectivity index (χ4n) is 3.24. The molecule has 2 nitrogen and oxygen atoms in total. The molecule has 1 heterocycles. The second-order valence-electron chi connectivity index (χ2n) is 5.75. The average Bonchev–Trinajstić information content (AvgIpc) is 2.81. The van der Waals surface area contributed by atoms with Crippen molar-refractivity contribution in [3.05, 3.63) is 0 Å². The highest BCUT2D eigenvalue weighted by molar-refractivity contribution is 4.82. The molecule has 2 atom stereocenters. The summed E-state index contributed by atoms with van der Waals surface area (Å²) in [7, 11) is 0. The lowest BCUT2D eigenvalue weighted by molar-refractivity contribution is -0.187. The van der Waals surface area contributed by atoms with Crippen LogP contribution in [0.4, 0.5) is 13.2 Å². The molecule has 1 aliphatic heterocycles. The number of nitrogens with zero attached hydrogens (tertiary/aromatic N) is 1. The van der Waals surface area contributed by atoms with E-state index in [9.17, 15) is 18.3 Å². The van der Waals surface area contributed by atoms with Crippen LogP contribution in [0.1, 0.15) is 38.5 Å². The van der Waals surface area contributed by atoms with E-state index in [4.69, 9.17) is 0 Å². The third kappa shape index (κ3) is 3.60. The van der Waals surface area contributed by atoms with Gasteiger partial charge in [-0.05, 0) is 38.1 Å². The predicted molar refractivity (Wildman–Crippen MR) is 63.2 cm³/mol. The highest BCUT2D eigenvalue weighted by Crippen LogP contribution is 2.34. The summed E-state index contributed by atoms with van der Waals surface area (Å²) in [5.74, 6) is -0.904. The monoisotopic (exact) mass is 265 g/mol. The number of piperidine rings is 1. The molecule has 0 aromatic heterocycles. The van der Waals surface area contributed by atoms with Gasteiger partial charge >= 0.3 is 6.18 Å². The first-order valence-electron chi connectivity index (χ1n) is 6.94. The number of likely N-dealkylation sites (tertiary alicyclic amines) is 1. The molecule has 0 aromatic carbocycles. The Kier molecular flexibility index (Phi) is 4.54. The van der Waals surface area contributed by atoms with Crippen molar-refractivity contribution in [2.24, 2.45) is 11.8 Å². The number of aliphatic hydroxyl groups excluding tert-OH is 1. The van der Waals surface area contributed by atoms with Crippen molar-refractivity contribution in [1.82, 2.24) is 4.90 Å². The first-order chi connectivity index (χ1) is 8.47.